The molecule has 1 saturated carbocycles. The van der Waals surface area contributed by atoms with Gasteiger partial charge in [-0.1, -0.05) is 6.07 Å². The Labute approximate surface area is 117 Å². The molecular formula is C14H12F4N2O. The fourth-order valence-corrected chi connectivity index (χ4v) is 2.44. The van der Waals surface area contributed by atoms with Crippen LogP contribution in [0.2, 0.25) is 0 Å². The number of hydrogen-bond acceptors (Lipinski definition) is 2. The minimum atomic E-state index is -4.47. The zero-order chi connectivity index (χ0) is 15.2. The summed E-state index contributed by atoms with van der Waals surface area (Å²) in [4.78, 5) is 14.0. The largest absolute Gasteiger partial charge is 0.416 e. The minimum Gasteiger partial charge on any atom is -0.381 e. The number of benzene rings is 1. The Bertz CT molecular complexity index is 732. The van der Waals surface area contributed by atoms with Gasteiger partial charge < -0.3 is 10.3 Å². The SMILES string of the molecule is O=c1cc(NC2CC(F)C2)c2ccc(C(F)(F)F)cc2[nH]1. The van der Waals surface area contributed by atoms with Gasteiger partial charge in [-0.25, -0.2) is 4.39 Å². The molecule has 2 N–H and O–H groups in total. The Kier molecular flexibility index (Phi) is 3.15. The first-order valence-corrected chi connectivity index (χ1v) is 6.48. The molecule has 3 rings (SSSR count). The number of halogens is 4. The summed E-state index contributed by atoms with van der Waals surface area (Å²) in [5, 5.41) is 3.49. The second-order valence-corrected chi connectivity index (χ2v) is 5.22. The second-order valence-electron chi connectivity index (χ2n) is 5.22. The summed E-state index contributed by atoms with van der Waals surface area (Å²) in [6, 6.07) is 4.36. The Morgan fingerprint density at radius 1 is 1.19 bits per heavy atom. The first kappa shape index (κ1) is 13.9. The Morgan fingerprint density at radius 2 is 1.90 bits per heavy atom. The molecule has 112 valence electrons. The Balaban J connectivity index is 2.02. The summed E-state index contributed by atoms with van der Waals surface area (Å²) < 4.78 is 50.9. The maximum absolute atomic E-state index is 12.8. The number of hydrogen-bond donors (Lipinski definition) is 2. The molecule has 21 heavy (non-hydrogen) atoms. The third-order valence-electron chi connectivity index (χ3n) is 3.61. The maximum Gasteiger partial charge on any atom is 0.416 e. The van der Waals surface area contributed by atoms with E-state index in [0.29, 0.717) is 23.9 Å². The van der Waals surface area contributed by atoms with Gasteiger partial charge in [0.25, 0.3) is 0 Å². The highest BCUT2D eigenvalue weighted by molar-refractivity contribution is 5.91. The van der Waals surface area contributed by atoms with Gasteiger partial charge in [-0.3, -0.25) is 4.79 Å². The lowest BCUT2D eigenvalue weighted by molar-refractivity contribution is -0.137. The van der Waals surface area contributed by atoms with Gasteiger partial charge in [-0.05, 0) is 25.0 Å². The van der Waals surface area contributed by atoms with E-state index in [9.17, 15) is 22.4 Å². The molecule has 0 radical (unpaired) electrons. The molecule has 3 nitrogen and oxygen atoms in total. The lowest BCUT2D eigenvalue weighted by Gasteiger charge is -2.31. The van der Waals surface area contributed by atoms with E-state index in [1.165, 1.54) is 12.1 Å². The van der Waals surface area contributed by atoms with Crippen LogP contribution in [0.1, 0.15) is 18.4 Å². The van der Waals surface area contributed by atoms with Crippen molar-refractivity contribution < 1.29 is 17.6 Å². The van der Waals surface area contributed by atoms with Gasteiger partial charge in [-0.15, -0.1) is 0 Å². The van der Waals surface area contributed by atoms with Gasteiger partial charge in [0.05, 0.1) is 11.1 Å². The molecular weight excluding hydrogens is 288 g/mol. The van der Waals surface area contributed by atoms with Crippen molar-refractivity contribution in [3.63, 3.8) is 0 Å². The molecule has 1 fully saturated rings. The van der Waals surface area contributed by atoms with Crippen LogP contribution in [0.15, 0.2) is 29.1 Å². The van der Waals surface area contributed by atoms with E-state index in [2.05, 4.69) is 10.3 Å². The average molecular weight is 300 g/mol. The van der Waals surface area contributed by atoms with Crippen LogP contribution in [0, 0.1) is 0 Å². The molecule has 1 heterocycles. The lowest BCUT2D eigenvalue weighted by Crippen LogP contribution is -2.36. The Hall–Kier alpha value is -2.05. The van der Waals surface area contributed by atoms with E-state index in [1.807, 2.05) is 0 Å². The smallest absolute Gasteiger partial charge is 0.381 e. The third-order valence-corrected chi connectivity index (χ3v) is 3.61. The van der Waals surface area contributed by atoms with E-state index in [0.717, 1.165) is 12.1 Å². The molecule has 7 heteroatoms. The quantitative estimate of drug-likeness (QED) is 0.834. The molecule has 1 aliphatic carbocycles. The summed E-state index contributed by atoms with van der Waals surface area (Å²) in [5.41, 5.74) is -0.786. The van der Waals surface area contributed by atoms with Crippen LogP contribution in [-0.2, 0) is 6.18 Å². The van der Waals surface area contributed by atoms with E-state index in [4.69, 9.17) is 0 Å². The van der Waals surface area contributed by atoms with E-state index in [-0.39, 0.29) is 11.6 Å². The van der Waals surface area contributed by atoms with Gasteiger partial charge in [0.1, 0.15) is 6.17 Å². The van der Waals surface area contributed by atoms with Crippen LogP contribution in [0.25, 0.3) is 10.9 Å². The topological polar surface area (TPSA) is 44.9 Å². The molecule has 0 saturated heterocycles. The predicted molar refractivity (Wildman–Crippen MR) is 71.1 cm³/mol. The van der Waals surface area contributed by atoms with Gasteiger partial charge in [-0.2, -0.15) is 13.2 Å². The van der Waals surface area contributed by atoms with Crippen LogP contribution < -0.4 is 10.9 Å². The molecule has 0 atom stereocenters. The number of anilines is 1. The Morgan fingerprint density at radius 3 is 2.52 bits per heavy atom. The van der Waals surface area contributed by atoms with Crippen molar-refractivity contribution in [2.24, 2.45) is 0 Å². The number of alkyl halides is 4. The van der Waals surface area contributed by atoms with Crippen molar-refractivity contribution in [2.45, 2.75) is 31.2 Å². The summed E-state index contributed by atoms with van der Waals surface area (Å²) in [6.45, 7) is 0. The van der Waals surface area contributed by atoms with E-state index in [1.54, 1.807) is 0 Å². The van der Waals surface area contributed by atoms with Gasteiger partial charge in [0, 0.05) is 23.2 Å². The minimum absolute atomic E-state index is 0.0905. The third kappa shape index (κ3) is 2.72. The number of aromatic nitrogens is 1. The zero-order valence-corrected chi connectivity index (χ0v) is 10.8. The number of H-pyrrole nitrogens is 1. The zero-order valence-electron chi connectivity index (χ0n) is 10.8. The number of pyridine rings is 1. The van der Waals surface area contributed by atoms with Crippen LogP contribution in [0.5, 0.6) is 0 Å². The highest BCUT2D eigenvalue weighted by Crippen LogP contribution is 2.33. The normalized spacial score (nSPS) is 22.1. The maximum atomic E-state index is 12.8. The van der Waals surface area contributed by atoms with Crippen molar-refractivity contribution in [1.82, 2.24) is 4.98 Å². The lowest BCUT2D eigenvalue weighted by atomic mass is 9.90. The van der Waals surface area contributed by atoms with Gasteiger partial charge in [0.15, 0.2) is 0 Å². The van der Waals surface area contributed by atoms with Crippen molar-refractivity contribution in [3.8, 4) is 0 Å². The van der Waals surface area contributed by atoms with Gasteiger partial charge in [0.2, 0.25) is 5.56 Å². The summed E-state index contributed by atoms with van der Waals surface area (Å²) >= 11 is 0. The number of aromatic amines is 1. The highest BCUT2D eigenvalue weighted by atomic mass is 19.4. The predicted octanol–water partition coefficient (Wildman–Crippen LogP) is 3.46. The van der Waals surface area contributed by atoms with Crippen molar-refractivity contribution >= 4 is 16.6 Å². The van der Waals surface area contributed by atoms with Crippen molar-refractivity contribution in [1.29, 1.82) is 0 Å². The number of rotatable bonds is 2. The summed E-state index contributed by atoms with van der Waals surface area (Å²) in [6.07, 6.45) is -4.64. The molecule has 2 aromatic rings. The molecule has 0 spiro atoms. The fraction of sp³-hybridized carbons (Fsp3) is 0.357. The number of nitrogens with one attached hydrogen (secondary N) is 2. The van der Waals surface area contributed by atoms with Crippen LogP contribution in [0.4, 0.5) is 23.2 Å². The second kappa shape index (κ2) is 4.75. The van der Waals surface area contributed by atoms with E-state index < -0.39 is 23.5 Å². The standard InChI is InChI=1S/C14H12F4N2O/c15-8-4-9(5-8)19-12-6-13(21)20-11-3-7(14(16,17)18)1-2-10(11)12/h1-3,6,8-9H,4-5H2,(H2,19,20,21). The van der Waals surface area contributed by atoms with Crippen molar-refractivity contribution in [2.75, 3.05) is 5.32 Å². The molecule has 0 unspecified atom stereocenters. The summed E-state index contributed by atoms with van der Waals surface area (Å²) in [5.74, 6) is 0. The monoisotopic (exact) mass is 300 g/mol. The van der Waals surface area contributed by atoms with Crippen LogP contribution in [0.3, 0.4) is 0 Å². The molecule has 0 aliphatic heterocycles. The molecule has 1 aromatic heterocycles. The molecule has 1 aromatic carbocycles. The van der Waals surface area contributed by atoms with Crippen LogP contribution >= 0.6 is 0 Å². The molecule has 1 aliphatic rings. The molecule has 0 amide bonds. The summed E-state index contributed by atoms with van der Waals surface area (Å²) in [7, 11) is 0. The first-order chi connectivity index (χ1) is 9.83. The fourth-order valence-electron chi connectivity index (χ4n) is 2.44. The molecule has 0 bridgehead atoms. The highest BCUT2D eigenvalue weighted by Gasteiger charge is 2.31. The van der Waals surface area contributed by atoms with Gasteiger partial charge >= 0.3 is 6.18 Å². The first-order valence-electron chi connectivity index (χ1n) is 6.48. The van der Waals surface area contributed by atoms with E-state index >= 15 is 0 Å². The van der Waals surface area contributed by atoms with Crippen LogP contribution in [-0.4, -0.2) is 17.2 Å². The van der Waals surface area contributed by atoms with Crippen molar-refractivity contribution in [3.05, 3.63) is 40.2 Å². The average Bonchev–Trinajstić information content (AvgIpc) is 2.34. The number of fused-ring (bicyclic) bond motifs is 1.